The molecule has 7 heteroatoms. The van der Waals surface area contributed by atoms with E-state index in [0.29, 0.717) is 12.3 Å². The molecule has 3 heterocycles. The largest absolute Gasteiger partial charge is 0.364 e. The highest BCUT2D eigenvalue weighted by atomic mass is 32.1. The summed E-state index contributed by atoms with van der Waals surface area (Å²) in [5, 5.41) is 8.73. The van der Waals surface area contributed by atoms with Crippen LogP contribution in [0.2, 0.25) is 0 Å². The summed E-state index contributed by atoms with van der Waals surface area (Å²) >= 11 is 1.72. The Hall–Kier alpha value is -2.02. The number of hydrogen-bond donors (Lipinski definition) is 1. The van der Waals surface area contributed by atoms with Gasteiger partial charge in [0.05, 0.1) is 17.2 Å². The lowest BCUT2D eigenvalue weighted by Gasteiger charge is -2.11. The first-order valence-electron chi connectivity index (χ1n) is 6.40. The lowest BCUT2D eigenvalue weighted by molar-refractivity contribution is 0.895. The number of fused-ring (bicyclic) bond motifs is 1. The maximum atomic E-state index is 4.54. The van der Waals surface area contributed by atoms with Crippen molar-refractivity contribution in [2.24, 2.45) is 0 Å². The van der Waals surface area contributed by atoms with Gasteiger partial charge in [0.25, 0.3) is 5.78 Å². The number of rotatable bonds is 3. The van der Waals surface area contributed by atoms with Crippen LogP contribution in [-0.4, -0.2) is 24.6 Å². The van der Waals surface area contributed by atoms with E-state index in [2.05, 4.69) is 32.3 Å². The van der Waals surface area contributed by atoms with Gasteiger partial charge in [-0.1, -0.05) is 0 Å². The van der Waals surface area contributed by atoms with Crippen LogP contribution in [0, 0.1) is 27.7 Å². The summed E-state index contributed by atoms with van der Waals surface area (Å²) < 4.78 is 1.73. The van der Waals surface area contributed by atoms with Crippen LogP contribution in [0.3, 0.4) is 0 Å². The molecule has 0 fully saturated rings. The molecule has 0 aliphatic rings. The third-order valence-corrected chi connectivity index (χ3v) is 4.26. The van der Waals surface area contributed by atoms with E-state index in [4.69, 9.17) is 0 Å². The Morgan fingerprint density at radius 1 is 1.20 bits per heavy atom. The Morgan fingerprint density at radius 3 is 2.70 bits per heavy atom. The molecule has 0 aliphatic heterocycles. The molecular formula is C13H16N6S. The summed E-state index contributed by atoms with van der Waals surface area (Å²) in [4.78, 5) is 14.3. The van der Waals surface area contributed by atoms with Crippen LogP contribution in [0.15, 0.2) is 6.33 Å². The minimum atomic E-state index is 0.613. The van der Waals surface area contributed by atoms with Crippen molar-refractivity contribution in [1.29, 1.82) is 0 Å². The van der Waals surface area contributed by atoms with E-state index in [0.717, 1.165) is 27.8 Å². The summed E-state index contributed by atoms with van der Waals surface area (Å²) in [7, 11) is 0. The van der Waals surface area contributed by atoms with Crippen LogP contribution in [-0.2, 0) is 6.54 Å². The molecule has 104 valence electrons. The first-order valence-corrected chi connectivity index (χ1v) is 7.21. The molecule has 3 rings (SSSR count). The van der Waals surface area contributed by atoms with Crippen molar-refractivity contribution in [3.05, 3.63) is 33.2 Å². The first-order chi connectivity index (χ1) is 9.56. The fourth-order valence-electron chi connectivity index (χ4n) is 2.14. The second-order valence-corrected chi connectivity index (χ2v) is 6.14. The van der Waals surface area contributed by atoms with E-state index in [1.807, 2.05) is 20.8 Å². The molecule has 0 unspecified atom stereocenters. The van der Waals surface area contributed by atoms with Crippen molar-refractivity contribution in [3.63, 3.8) is 0 Å². The predicted octanol–water partition coefficient (Wildman–Crippen LogP) is 2.43. The SMILES string of the molecule is Cc1nc(CNc2c(C)c(C)nc3ncnn23)c(C)s1. The Labute approximate surface area is 120 Å². The molecule has 0 amide bonds. The monoisotopic (exact) mass is 288 g/mol. The molecule has 6 nitrogen and oxygen atoms in total. The summed E-state index contributed by atoms with van der Waals surface area (Å²) in [6.07, 6.45) is 1.52. The average molecular weight is 288 g/mol. The Morgan fingerprint density at radius 2 is 2.00 bits per heavy atom. The van der Waals surface area contributed by atoms with E-state index < -0.39 is 0 Å². The topological polar surface area (TPSA) is 68.0 Å². The van der Waals surface area contributed by atoms with E-state index in [9.17, 15) is 0 Å². The van der Waals surface area contributed by atoms with Crippen molar-refractivity contribution >= 4 is 22.9 Å². The molecule has 20 heavy (non-hydrogen) atoms. The predicted molar refractivity (Wildman–Crippen MR) is 79.2 cm³/mol. The number of nitrogens with zero attached hydrogens (tertiary/aromatic N) is 5. The first kappa shape index (κ1) is 13.0. The minimum absolute atomic E-state index is 0.613. The van der Waals surface area contributed by atoms with Crippen molar-refractivity contribution in [1.82, 2.24) is 24.6 Å². The number of anilines is 1. The molecule has 1 N–H and O–H groups in total. The third kappa shape index (κ3) is 2.14. The van der Waals surface area contributed by atoms with Gasteiger partial charge in [0, 0.05) is 16.1 Å². The second kappa shape index (κ2) is 4.82. The number of aromatic nitrogens is 5. The zero-order valence-electron chi connectivity index (χ0n) is 11.9. The number of aryl methyl sites for hydroxylation is 3. The summed E-state index contributed by atoms with van der Waals surface area (Å²) in [5.41, 5.74) is 3.11. The van der Waals surface area contributed by atoms with Crippen LogP contribution in [0.5, 0.6) is 0 Å². The van der Waals surface area contributed by atoms with Gasteiger partial charge >= 0.3 is 0 Å². The Balaban J connectivity index is 1.96. The fourth-order valence-corrected chi connectivity index (χ4v) is 2.98. The van der Waals surface area contributed by atoms with E-state index in [1.165, 1.54) is 11.2 Å². The van der Waals surface area contributed by atoms with Gasteiger partial charge in [-0.05, 0) is 27.7 Å². The highest BCUT2D eigenvalue weighted by Crippen LogP contribution is 2.21. The van der Waals surface area contributed by atoms with Crippen LogP contribution in [0.4, 0.5) is 5.82 Å². The maximum Gasteiger partial charge on any atom is 0.254 e. The zero-order valence-corrected chi connectivity index (χ0v) is 12.7. The molecule has 0 bridgehead atoms. The highest BCUT2D eigenvalue weighted by Gasteiger charge is 2.12. The van der Waals surface area contributed by atoms with Crippen molar-refractivity contribution in [3.8, 4) is 0 Å². The Kier molecular flexibility index (Phi) is 3.13. The van der Waals surface area contributed by atoms with Gasteiger partial charge in [0.2, 0.25) is 0 Å². The Bertz CT molecular complexity index is 773. The van der Waals surface area contributed by atoms with Crippen LogP contribution >= 0.6 is 11.3 Å². The van der Waals surface area contributed by atoms with Crippen LogP contribution < -0.4 is 5.32 Å². The van der Waals surface area contributed by atoms with Gasteiger partial charge < -0.3 is 5.32 Å². The van der Waals surface area contributed by atoms with Gasteiger partial charge in [-0.2, -0.15) is 14.6 Å². The molecular weight excluding hydrogens is 272 g/mol. The smallest absolute Gasteiger partial charge is 0.254 e. The molecule has 0 atom stereocenters. The van der Waals surface area contributed by atoms with E-state index in [1.54, 1.807) is 15.9 Å². The molecule has 0 saturated heterocycles. The molecule has 3 aromatic rings. The molecule has 0 radical (unpaired) electrons. The lowest BCUT2D eigenvalue weighted by Crippen LogP contribution is -2.10. The number of hydrogen-bond acceptors (Lipinski definition) is 6. The quantitative estimate of drug-likeness (QED) is 0.801. The van der Waals surface area contributed by atoms with Gasteiger partial charge in [-0.3, -0.25) is 0 Å². The molecule has 0 aromatic carbocycles. The van der Waals surface area contributed by atoms with Crippen molar-refractivity contribution in [2.45, 2.75) is 34.2 Å². The van der Waals surface area contributed by atoms with E-state index >= 15 is 0 Å². The normalized spacial score (nSPS) is 11.2. The van der Waals surface area contributed by atoms with Gasteiger partial charge in [-0.15, -0.1) is 11.3 Å². The lowest BCUT2D eigenvalue weighted by atomic mass is 10.2. The van der Waals surface area contributed by atoms with E-state index in [-0.39, 0.29) is 0 Å². The minimum Gasteiger partial charge on any atom is -0.364 e. The average Bonchev–Trinajstić information content (AvgIpc) is 2.96. The van der Waals surface area contributed by atoms with Gasteiger partial charge in [0.1, 0.15) is 12.1 Å². The fraction of sp³-hybridized carbons (Fsp3) is 0.385. The second-order valence-electron chi connectivity index (χ2n) is 4.73. The van der Waals surface area contributed by atoms with Crippen molar-refractivity contribution in [2.75, 3.05) is 5.32 Å². The third-order valence-electron chi connectivity index (χ3n) is 3.33. The summed E-state index contributed by atoms with van der Waals surface area (Å²) in [5.74, 6) is 1.54. The van der Waals surface area contributed by atoms with Gasteiger partial charge in [0.15, 0.2) is 0 Å². The van der Waals surface area contributed by atoms with Crippen molar-refractivity contribution < 1.29 is 0 Å². The summed E-state index contributed by atoms with van der Waals surface area (Å²) in [6.45, 7) is 8.81. The zero-order chi connectivity index (χ0) is 14.3. The number of nitrogens with one attached hydrogen (secondary N) is 1. The molecule has 0 saturated carbocycles. The standard InChI is InChI=1S/C13H16N6S/c1-7-8(2)17-13-15-6-16-19(13)12(7)14-5-11-9(3)20-10(4)18-11/h6,14H,5H2,1-4H3. The van der Waals surface area contributed by atoms with Crippen LogP contribution in [0.1, 0.15) is 26.8 Å². The molecule has 0 spiro atoms. The highest BCUT2D eigenvalue weighted by molar-refractivity contribution is 7.11. The van der Waals surface area contributed by atoms with Gasteiger partial charge in [-0.25, -0.2) is 9.97 Å². The van der Waals surface area contributed by atoms with Crippen LogP contribution in [0.25, 0.3) is 5.78 Å². The molecule has 0 aliphatic carbocycles. The number of thiazole rings is 1. The maximum absolute atomic E-state index is 4.54. The summed E-state index contributed by atoms with van der Waals surface area (Å²) in [6, 6.07) is 0. The molecule has 3 aromatic heterocycles.